The van der Waals surface area contributed by atoms with E-state index in [4.69, 9.17) is 11.6 Å². The Labute approximate surface area is 102 Å². The maximum absolute atomic E-state index is 6.14. The average molecular weight is 239 g/mol. The van der Waals surface area contributed by atoms with Crippen molar-refractivity contribution in [2.24, 2.45) is 0 Å². The molecule has 2 atom stereocenters. The largest absolute Gasteiger partial charge is 0.315 e. The van der Waals surface area contributed by atoms with Gasteiger partial charge >= 0.3 is 0 Å². The van der Waals surface area contributed by atoms with Crippen LogP contribution in [-0.2, 0) is 6.42 Å². The standard InChI is InChI=1S/C13H19ClN2/c1-10(16-12-6-7-15-9-12)8-11-4-2-3-5-13(11)14/h2-5,10,12,15-16H,6-9H2,1H3. The van der Waals surface area contributed by atoms with Gasteiger partial charge in [-0.3, -0.25) is 0 Å². The fourth-order valence-corrected chi connectivity index (χ4v) is 2.46. The molecule has 0 spiro atoms. The molecule has 2 N–H and O–H groups in total. The quantitative estimate of drug-likeness (QED) is 0.841. The second-order valence-corrected chi connectivity index (χ2v) is 4.96. The van der Waals surface area contributed by atoms with Crippen LogP contribution in [0.3, 0.4) is 0 Å². The minimum Gasteiger partial charge on any atom is -0.315 e. The summed E-state index contributed by atoms with van der Waals surface area (Å²) in [5.41, 5.74) is 1.23. The van der Waals surface area contributed by atoms with E-state index in [1.54, 1.807) is 0 Å². The van der Waals surface area contributed by atoms with Crippen LogP contribution >= 0.6 is 11.6 Å². The van der Waals surface area contributed by atoms with Crippen molar-refractivity contribution < 1.29 is 0 Å². The van der Waals surface area contributed by atoms with E-state index in [1.165, 1.54) is 12.0 Å². The van der Waals surface area contributed by atoms with Crippen LogP contribution in [0.5, 0.6) is 0 Å². The van der Waals surface area contributed by atoms with Crippen LogP contribution in [0.2, 0.25) is 5.02 Å². The molecule has 2 unspecified atom stereocenters. The fraction of sp³-hybridized carbons (Fsp3) is 0.538. The first-order valence-electron chi connectivity index (χ1n) is 5.96. The molecule has 1 saturated heterocycles. The third-order valence-electron chi connectivity index (χ3n) is 3.06. The van der Waals surface area contributed by atoms with E-state index in [-0.39, 0.29) is 0 Å². The molecule has 1 aromatic rings. The molecule has 0 bridgehead atoms. The lowest BCUT2D eigenvalue weighted by molar-refractivity contribution is 0.463. The van der Waals surface area contributed by atoms with Crippen molar-refractivity contribution >= 4 is 11.6 Å². The first kappa shape index (κ1) is 11.9. The van der Waals surface area contributed by atoms with Gasteiger partial charge in [-0.25, -0.2) is 0 Å². The van der Waals surface area contributed by atoms with Gasteiger partial charge in [0.25, 0.3) is 0 Å². The summed E-state index contributed by atoms with van der Waals surface area (Å²) < 4.78 is 0. The number of nitrogens with one attached hydrogen (secondary N) is 2. The summed E-state index contributed by atoms with van der Waals surface area (Å²) in [6.45, 7) is 4.45. The summed E-state index contributed by atoms with van der Waals surface area (Å²) in [6, 6.07) is 9.19. The highest BCUT2D eigenvalue weighted by Gasteiger charge is 2.16. The lowest BCUT2D eigenvalue weighted by Gasteiger charge is -2.19. The SMILES string of the molecule is CC(Cc1ccccc1Cl)NC1CCNC1. The van der Waals surface area contributed by atoms with Gasteiger partial charge in [0, 0.05) is 23.7 Å². The minimum absolute atomic E-state index is 0.477. The van der Waals surface area contributed by atoms with E-state index < -0.39 is 0 Å². The Morgan fingerprint density at radius 3 is 3.00 bits per heavy atom. The fourth-order valence-electron chi connectivity index (χ4n) is 2.25. The summed E-state index contributed by atoms with van der Waals surface area (Å²) in [5, 5.41) is 7.87. The van der Waals surface area contributed by atoms with Gasteiger partial charge < -0.3 is 10.6 Å². The molecule has 1 aromatic carbocycles. The van der Waals surface area contributed by atoms with Crippen LogP contribution in [0.4, 0.5) is 0 Å². The molecule has 88 valence electrons. The van der Waals surface area contributed by atoms with Gasteiger partial charge in [0.15, 0.2) is 0 Å². The second kappa shape index (κ2) is 5.67. The second-order valence-electron chi connectivity index (χ2n) is 4.55. The van der Waals surface area contributed by atoms with Crippen LogP contribution in [0.15, 0.2) is 24.3 Å². The van der Waals surface area contributed by atoms with Crippen LogP contribution in [0.1, 0.15) is 18.9 Å². The first-order valence-corrected chi connectivity index (χ1v) is 6.33. The van der Waals surface area contributed by atoms with Crippen molar-refractivity contribution in [2.75, 3.05) is 13.1 Å². The third kappa shape index (κ3) is 3.21. The monoisotopic (exact) mass is 238 g/mol. The van der Waals surface area contributed by atoms with Gasteiger partial charge in [0.1, 0.15) is 0 Å². The average Bonchev–Trinajstić information content (AvgIpc) is 2.74. The topological polar surface area (TPSA) is 24.1 Å². The summed E-state index contributed by atoms with van der Waals surface area (Å²) >= 11 is 6.14. The van der Waals surface area contributed by atoms with E-state index in [0.29, 0.717) is 12.1 Å². The smallest absolute Gasteiger partial charge is 0.0438 e. The lowest BCUT2D eigenvalue weighted by atomic mass is 10.1. The van der Waals surface area contributed by atoms with E-state index in [0.717, 1.165) is 24.5 Å². The predicted octanol–water partition coefficient (Wildman–Crippen LogP) is 2.22. The highest BCUT2D eigenvalue weighted by Crippen LogP contribution is 2.16. The minimum atomic E-state index is 0.477. The first-order chi connectivity index (χ1) is 7.75. The van der Waals surface area contributed by atoms with Crippen molar-refractivity contribution in [2.45, 2.75) is 31.8 Å². The van der Waals surface area contributed by atoms with Crippen LogP contribution in [-0.4, -0.2) is 25.2 Å². The number of hydrogen-bond acceptors (Lipinski definition) is 2. The van der Waals surface area contributed by atoms with E-state index in [1.807, 2.05) is 18.2 Å². The third-order valence-corrected chi connectivity index (χ3v) is 3.43. The zero-order valence-electron chi connectivity index (χ0n) is 9.67. The number of rotatable bonds is 4. The van der Waals surface area contributed by atoms with Gasteiger partial charge in [-0.05, 0) is 37.9 Å². The molecule has 1 heterocycles. The summed E-state index contributed by atoms with van der Waals surface area (Å²) in [4.78, 5) is 0. The highest BCUT2D eigenvalue weighted by atomic mass is 35.5. The van der Waals surface area contributed by atoms with Crippen LogP contribution in [0.25, 0.3) is 0 Å². The molecule has 1 fully saturated rings. The van der Waals surface area contributed by atoms with Crippen molar-refractivity contribution in [3.05, 3.63) is 34.9 Å². The number of halogens is 1. The van der Waals surface area contributed by atoms with Crippen LogP contribution < -0.4 is 10.6 Å². The van der Waals surface area contributed by atoms with Crippen molar-refractivity contribution in [1.29, 1.82) is 0 Å². The Balaban J connectivity index is 1.86. The summed E-state index contributed by atoms with van der Waals surface area (Å²) in [6.07, 6.45) is 2.23. The molecule has 2 rings (SSSR count). The maximum atomic E-state index is 6.14. The molecule has 0 amide bonds. The maximum Gasteiger partial charge on any atom is 0.0438 e. The van der Waals surface area contributed by atoms with E-state index >= 15 is 0 Å². The molecular formula is C13H19ClN2. The van der Waals surface area contributed by atoms with E-state index in [9.17, 15) is 0 Å². The molecule has 0 aromatic heterocycles. The zero-order chi connectivity index (χ0) is 11.4. The normalized spacial score (nSPS) is 22.2. The number of hydrogen-bond donors (Lipinski definition) is 2. The van der Waals surface area contributed by atoms with E-state index in [2.05, 4.69) is 23.6 Å². The Kier molecular flexibility index (Phi) is 4.22. The molecule has 2 nitrogen and oxygen atoms in total. The molecule has 1 aliphatic rings. The van der Waals surface area contributed by atoms with Gasteiger partial charge in [-0.2, -0.15) is 0 Å². The van der Waals surface area contributed by atoms with Crippen molar-refractivity contribution in [3.63, 3.8) is 0 Å². The molecule has 1 aliphatic heterocycles. The molecule has 16 heavy (non-hydrogen) atoms. The van der Waals surface area contributed by atoms with Gasteiger partial charge in [-0.15, -0.1) is 0 Å². The van der Waals surface area contributed by atoms with Gasteiger partial charge in [0.2, 0.25) is 0 Å². The Hall–Kier alpha value is -0.570. The highest BCUT2D eigenvalue weighted by molar-refractivity contribution is 6.31. The van der Waals surface area contributed by atoms with Crippen molar-refractivity contribution in [1.82, 2.24) is 10.6 Å². The molecule has 0 aliphatic carbocycles. The summed E-state index contributed by atoms with van der Waals surface area (Å²) in [5.74, 6) is 0. The molecule has 3 heteroatoms. The van der Waals surface area contributed by atoms with Crippen molar-refractivity contribution in [3.8, 4) is 0 Å². The molecule has 0 radical (unpaired) electrons. The Morgan fingerprint density at radius 2 is 2.31 bits per heavy atom. The van der Waals surface area contributed by atoms with Gasteiger partial charge in [0.05, 0.1) is 0 Å². The predicted molar refractivity (Wildman–Crippen MR) is 69.0 cm³/mol. The summed E-state index contributed by atoms with van der Waals surface area (Å²) in [7, 11) is 0. The Bertz CT molecular complexity index is 334. The van der Waals surface area contributed by atoms with Gasteiger partial charge in [-0.1, -0.05) is 29.8 Å². The Morgan fingerprint density at radius 1 is 1.50 bits per heavy atom. The zero-order valence-corrected chi connectivity index (χ0v) is 10.4. The lowest BCUT2D eigenvalue weighted by Crippen LogP contribution is -2.39. The molecule has 0 saturated carbocycles. The van der Waals surface area contributed by atoms with Crippen LogP contribution in [0, 0.1) is 0 Å². The molecular weight excluding hydrogens is 220 g/mol. The number of benzene rings is 1.